The average molecular weight is 406 g/mol. The average Bonchev–Trinajstić information content (AvgIpc) is 2.80. The van der Waals surface area contributed by atoms with E-state index in [1.165, 1.54) is 0 Å². The molecule has 1 aliphatic rings. The van der Waals surface area contributed by atoms with E-state index in [2.05, 4.69) is 10.9 Å². The smallest absolute Gasteiger partial charge is 0.283 e. The van der Waals surface area contributed by atoms with E-state index in [1.54, 1.807) is 18.2 Å². The van der Waals surface area contributed by atoms with Crippen LogP contribution >= 0.6 is 0 Å². The Morgan fingerprint density at radius 2 is 1.70 bits per heavy atom. The number of hydrogen-bond acceptors (Lipinski definition) is 5. The summed E-state index contributed by atoms with van der Waals surface area (Å²) in [4.78, 5) is 24.2. The number of amides is 2. The second-order valence-corrected chi connectivity index (χ2v) is 6.83. The predicted octanol–water partition coefficient (Wildman–Crippen LogP) is 2.99. The van der Waals surface area contributed by atoms with Gasteiger partial charge < -0.3 is 14.2 Å². The van der Waals surface area contributed by atoms with Crippen LogP contribution in [0.15, 0.2) is 66.7 Å². The van der Waals surface area contributed by atoms with E-state index < -0.39 is 12.0 Å². The fraction of sp³-hybridized carbons (Fsp3) is 0.217. The number of benzene rings is 3. The third-order valence-electron chi connectivity index (χ3n) is 4.68. The third kappa shape index (κ3) is 4.63. The minimum absolute atomic E-state index is 0.0809. The lowest BCUT2D eigenvalue weighted by Gasteiger charge is -2.25. The SMILES string of the molecule is O=C(CCCOc1cccc2ccccc12)NNC(=O)C1COc2ccccc2O1. The van der Waals surface area contributed by atoms with E-state index in [-0.39, 0.29) is 18.9 Å². The zero-order chi connectivity index (χ0) is 20.8. The van der Waals surface area contributed by atoms with E-state index in [0.717, 1.165) is 16.5 Å². The number of carbonyl (C=O) groups is 2. The summed E-state index contributed by atoms with van der Waals surface area (Å²) in [5.41, 5.74) is 4.78. The van der Waals surface area contributed by atoms with E-state index >= 15 is 0 Å². The number of nitrogens with one attached hydrogen (secondary N) is 2. The van der Waals surface area contributed by atoms with Gasteiger partial charge in [-0.3, -0.25) is 20.4 Å². The van der Waals surface area contributed by atoms with E-state index in [4.69, 9.17) is 14.2 Å². The van der Waals surface area contributed by atoms with Crippen molar-refractivity contribution in [2.24, 2.45) is 0 Å². The Bertz CT molecular complexity index is 1050. The molecule has 0 bridgehead atoms. The summed E-state index contributed by atoms with van der Waals surface area (Å²) in [5.74, 6) is 1.11. The first kappa shape index (κ1) is 19.6. The summed E-state index contributed by atoms with van der Waals surface area (Å²) in [5, 5.41) is 2.14. The summed E-state index contributed by atoms with van der Waals surface area (Å²) < 4.78 is 16.9. The van der Waals surface area contributed by atoms with Gasteiger partial charge in [-0.25, -0.2) is 0 Å². The van der Waals surface area contributed by atoms with Crippen LogP contribution in [0.2, 0.25) is 0 Å². The molecule has 3 aromatic carbocycles. The molecule has 0 saturated heterocycles. The maximum Gasteiger partial charge on any atom is 0.283 e. The zero-order valence-electron chi connectivity index (χ0n) is 16.3. The number of ether oxygens (including phenoxy) is 3. The van der Waals surface area contributed by atoms with Gasteiger partial charge in [-0.05, 0) is 30.0 Å². The third-order valence-corrected chi connectivity index (χ3v) is 4.68. The van der Waals surface area contributed by atoms with E-state index in [1.807, 2.05) is 48.5 Å². The van der Waals surface area contributed by atoms with Crippen LogP contribution in [0.1, 0.15) is 12.8 Å². The number of hydrazine groups is 1. The van der Waals surface area contributed by atoms with Crippen molar-refractivity contribution in [2.75, 3.05) is 13.2 Å². The molecule has 2 amide bonds. The highest BCUT2D eigenvalue weighted by Crippen LogP contribution is 2.30. The first-order valence-corrected chi connectivity index (χ1v) is 9.78. The van der Waals surface area contributed by atoms with Crippen LogP contribution in [-0.2, 0) is 9.59 Å². The second-order valence-electron chi connectivity index (χ2n) is 6.83. The van der Waals surface area contributed by atoms with Crippen molar-refractivity contribution in [3.8, 4) is 17.2 Å². The molecule has 0 radical (unpaired) electrons. The molecule has 1 aliphatic heterocycles. The summed E-state index contributed by atoms with van der Waals surface area (Å²) in [7, 11) is 0. The lowest BCUT2D eigenvalue weighted by Crippen LogP contribution is -2.50. The number of hydrogen-bond donors (Lipinski definition) is 2. The van der Waals surface area contributed by atoms with Gasteiger partial charge in [0.05, 0.1) is 6.61 Å². The normalized spacial score (nSPS) is 14.7. The molecule has 0 fully saturated rings. The van der Waals surface area contributed by atoms with Gasteiger partial charge in [-0.2, -0.15) is 0 Å². The van der Waals surface area contributed by atoms with Crippen molar-refractivity contribution < 1.29 is 23.8 Å². The maximum absolute atomic E-state index is 12.2. The molecular formula is C23H22N2O5. The number of fused-ring (bicyclic) bond motifs is 2. The lowest BCUT2D eigenvalue weighted by atomic mass is 10.1. The van der Waals surface area contributed by atoms with Crippen molar-refractivity contribution >= 4 is 22.6 Å². The Labute approximate surface area is 173 Å². The fourth-order valence-corrected chi connectivity index (χ4v) is 3.16. The van der Waals surface area contributed by atoms with Crippen LogP contribution in [0.25, 0.3) is 10.8 Å². The van der Waals surface area contributed by atoms with E-state index in [9.17, 15) is 9.59 Å². The maximum atomic E-state index is 12.2. The van der Waals surface area contributed by atoms with Crippen molar-refractivity contribution in [1.29, 1.82) is 0 Å². The fourth-order valence-electron chi connectivity index (χ4n) is 3.16. The topological polar surface area (TPSA) is 85.9 Å². The highest BCUT2D eigenvalue weighted by atomic mass is 16.6. The van der Waals surface area contributed by atoms with Gasteiger partial charge in [0.1, 0.15) is 12.4 Å². The van der Waals surface area contributed by atoms with Crippen molar-refractivity contribution in [1.82, 2.24) is 10.9 Å². The molecule has 0 spiro atoms. The van der Waals surface area contributed by atoms with Crippen LogP contribution in [0.5, 0.6) is 17.2 Å². The molecule has 1 heterocycles. The highest BCUT2D eigenvalue weighted by molar-refractivity contribution is 5.88. The quantitative estimate of drug-likeness (QED) is 0.486. The number of rotatable bonds is 6. The van der Waals surface area contributed by atoms with Crippen LogP contribution in [0, 0.1) is 0 Å². The minimum atomic E-state index is -0.824. The van der Waals surface area contributed by atoms with Crippen LogP contribution < -0.4 is 25.1 Å². The van der Waals surface area contributed by atoms with Gasteiger partial charge in [0, 0.05) is 11.8 Å². The molecule has 7 nitrogen and oxygen atoms in total. The van der Waals surface area contributed by atoms with Gasteiger partial charge >= 0.3 is 0 Å². The molecule has 1 atom stereocenters. The Hall–Kier alpha value is -3.74. The molecule has 0 saturated carbocycles. The minimum Gasteiger partial charge on any atom is -0.493 e. The molecule has 4 rings (SSSR count). The van der Waals surface area contributed by atoms with E-state index in [0.29, 0.717) is 24.5 Å². The van der Waals surface area contributed by atoms with Gasteiger partial charge in [0.25, 0.3) is 5.91 Å². The van der Waals surface area contributed by atoms with Crippen molar-refractivity contribution in [2.45, 2.75) is 18.9 Å². The first-order chi connectivity index (χ1) is 14.7. The first-order valence-electron chi connectivity index (χ1n) is 9.78. The van der Waals surface area contributed by atoms with Crippen molar-refractivity contribution in [3.05, 3.63) is 66.7 Å². The Morgan fingerprint density at radius 3 is 2.60 bits per heavy atom. The number of para-hydroxylation sites is 2. The van der Waals surface area contributed by atoms with Crippen LogP contribution in [-0.4, -0.2) is 31.1 Å². The summed E-state index contributed by atoms with van der Waals surface area (Å²) >= 11 is 0. The van der Waals surface area contributed by atoms with Crippen LogP contribution in [0.3, 0.4) is 0 Å². The Morgan fingerprint density at radius 1 is 0.933 bits per heavy atom. The van der Waals surface area contributed by atoms with Gasteiger partial charge in [-0.1, -0.05) is 48.5 Å². The monoisotopic (exact) mass is 406 g/mol. The largest absolute Gasteiger partial charge is 0.493 e. The predicted molar refractivity (Wildman–Crippen MR) is 111 cm³/mol. The molecular weight excluding hydrogens is 384 g/mol. The Kier molecular flexibility index (Phi) is 5.98. The lowest BCUT2D eigenvalue weighted by molar-refractivity contribution is -0.135. The summed E-state index contributed by atoms with van der Waals surface area (Å²) in [6.45, 7) is 0.476. The molecule has 154 valence electrons. The van der Waals surface area contributed by atoms with Gasteiger partial charge in [0.15, 0.2) is 11.5 Å². The standard InChI is InChI=1S/C23H22N2O5/c26-22(13-6-14-28-18-12-5-8-16-7-1-2-9-17(16)18)24-25-23(27)21-15-29-19-10-3-4-11-20(19)30-21/h1-5,7-12,21H,6,13-15H2,(H,24,26)(H,25,27). The summed E-state index contributed by atoms with van der Waals surface area (Å²) in [6.07, 6.45) is -0.0908. The second kappa shape index (κ2) is 9.17. The van der Waals surface area contributed by atoms with Crippen LogP contribution in [0.4, 0.5) is 0 Å². The molecule has 2 N–H and O–H groups in total. The Balaban J connectivity index is 1.18. The van der Waals surface area contributed by atoms with Gasteiger partial charge in [0.2, 0.25) is 12.0 Å². The van der Waals surface area contributed by atoms with Gasteiger partial charge in [-0.15, -0.1) is 0 Å². The number of carbonyl (C=O) groups excluding carboxylic acids is 2. The molecule has 30 heavy (non-hydrogen) atoms. The molecule has 7 heteroatoms. The highest BCUT2D eigenvalue weighted by Gasteiger charge is 2.27. The molecule has 3 aromatic rings. The summed E-state index contributed by atoms with van der Waals surface area (Å²) in [6, 6.07) is 21.0. The van der Waals surface area contributed by atoms with Crippen molar-refractivity contribution in [3.63, 3.8) is 0 Å². The molecule has 0 aromatic heterocycles. The molecule has 1 unspecified atom stereocenters. The zero-order valence-corrected chi connectivity index (χ0v) is 16.3. The molecule has 0 aliphatic carbocycles.